The summed E-state index contributed by atoms with van der Waals surface area (Å²) in [5.41, 5.74) is 4.78. The van der Waals surface area contributed by atoms with Crippen molar-refractivity contribution in [1.29, 1.82) is 0 Å². The highest BCUT2D eigenvalue weighted by Gasteiger charge is 2.29. The van der Waals surface area contributed by atoms with Gasteiger partial charge in [0.1, 0.15) is 23.6 Å². The van der Waals surface area contributed by atoms with Crippen molar-refractivity contribution >= 4 is 16.8 Å². The maximum absolute atomic E-state index is 11.8. The van der Waals surface area contributed by atoms with Crippen LogP contribution in [0.4, 0.5) is 0 Å². The Bertz CT molecular complexity index is 1320. The molecule has 37 heavy (non-hydrogen) atoms. The highest BCUT2D eigenvalue weighted by atomic mass is 16.5. The molecular weight excluding hydrogens is 470 g/mol. The van der Waals surface area contributed by atoms with Gasteiger partial charge in [-0.05, 0) is 49.6 Å². The number of carbonyl (C=O) groups excluding carboxylic acids is 1. The third-order valence-corrected chi connectivity index (χ3v) is 7.59. The summed E-state index contributed by atoms with van der Waals surface area (Å²) in [5.74, 6) is 3.08. The number of hydrogen-bond donors (Lipinski definition) is 0. The van der Waals surface area contributed by atoms with E-state index in [2.05, 4.69) is 24.0 Å². The predicted molar refractivity (Wildman–Crippen MR) is 143 cm³/mol. The molecule has 0 spiro atoms. The highest BCUT2D eigenvalue weighted by Crippen LogP contribution is 2.40. The number of carbonyl (C=O) groups is 1. The number of methoxy groups -OCH3 is 3. The second kappa shape index (κ2) is 10.5. The summed E-state index contributed by atoms with van der Waals surface area (Å²) in [6.45, 7) is 7.54. The molecule has 0 unspecified atom stereocenters. The van der Waals surface area contributed by atoms with Crippen LogP contribution in [0.1, 0.15) is 30.9 Å². The predicted octanol–water partition coefficient (Wildman–Crippen LogP) is 4.44. The van der Waals surface area contributed by atoms with Crippen LogP contribution in [-0.2, 0) is 11.3 Å². The number of rotatable bonds is 5. The van der Waals surface area contributed by atoms with Crippen LogP contribution in [0.25, 0.3) is 22.2 Å². The van der Waals surface area contributed by atoms with E-state index in [0.29, 0.717) is 24.1 Å². The number of aromatic nitrogens is 1. The molecule has 1 amide bonds. The molecule has 1 fully saturated rings. The standard InChI is InChI=1S/C29H35N3O5/c1-18-12-25(30-28-24(18)15-23(34-3)16-26(28)35-4)20-13-21-17-32(10-11-37-29(21)27(14-20)36-5)22-6-8-31(9-7-22)19(2)33/h12-16,22H,6-11,17H2,1-5H3. The zero-order chi connectivity index (χ0) is 26.1. The molecule has 0 aliphatic carbocycles. The number of fused-ring (bicyclic) bond motifs is 2. The van der Waals surface area contributed by atoms with Crippen LogP contribution in [0.3, 0.4) is 0 Å². The number of piperidine rings is 1. The van der Waals surface area contributed by atoms with Crippen molar-refractivity contribution in [3.8, 4) is 34.3 Å². The van der Waals surface area contributed by atoms with Crippen LogP contribution in [0.15, 0.2) is 30.3 Å². The van der Waals surface area contributed by atoms with Gasteiger partial charge in [-0.1, -0.05) is 0 Å². The molecule has 0 bridgehead atoms. The Morgan fingerprint density at radius 2 is 1.73 bits per heavy atom. The highest BCUT2D eigenvalue weighted by molar-refractivity contribution is 5.91. The summed E-state index contributed by atoms with van der Waals surface area (Å²) >= 11 is 0. The van der Waals surface area contributed by atoms with Gasteiger partial charge in [-0.15, -0.1) is 0 Å². The first-order chi connectivity index (χ1) is 17.9. The van der Waals surface area contributed by atoms with E-state index in [0.717, 1.165) is 83.8 Å². The molecule has 3 heterocycles. The Morgan fingerprint density at radius 3 is 2.41 bits per heavy atom. The molecule has 2 aromatic carbocycles. The van der Waals surface area contributed by atoms with Gasteiger partial charge in [-0.2, -0.15) is 0 Å². The molecule has 2 aliphatic rings. The van der Waals surface area contributed by atoms with Crippen molar-refractivity contribution in [2.75, 3.05) is 47.6 Å². The average molecular weight is 506 g/mol. The number of benzene rings is 2. The number of nitrogens with zero attached hydrogens (tertiary/aromatic N) is 3. The first-order valence-corrected chi connectivity index (χ1v) is 12.8. The Morgan fingerprint density at radius 1 is 0.973 bits per heavy atom. The molecule has 8 nitrogen and oxygen atoms in total. The Balaban J connectivity index is 1.51. The smallest absolute Gasteiger partial charge is 0.219 e. The van der Waals surface area contributed by atoms with Gasteiger partial charge in [0, 0.05) is 61.7 Å². The average Bonchev–Trinajstić information content (AvgIpc) is 3.14. The number of ether oxygens (including phenoxy) is 4. The van der Waals surface area contributed by atoms with Crippen LogP contribution in [0.5, 0.6) is 23.0 Å². The van der Waals surface area contributed by atoms with E-state index in [-0.39, 0.29) is 5.91 Å². The Hall–Kier alpha value is -3.52. The van der Waals surface area contributed by atoms with Crippen LogP contribution < -0.4 is 18.9 Å². The zero-order valence-corrected chi connectivity index (χ0v) is 22.3. The molecule has 1 aromatic heterocycles. The zero-order valence-electron chi connectivity index (χ0n) is 22.3. The Kier molecular flexibility index (Phi) is 7.11. The third kappa shape index (κ3) is 4.90. The second-order valence-electron chi connectivity index (χ2n) is 9.77. The summed E-state index contributed by atoms with van der Waals surface area (Å²) in [4.78, 5) is 21.2. The maximum atomic E-state index is 11.8. The van der Waals surface area contributed by atoms with Gasteiger partial charge in [0.2, 0.25) is 5.91 Å². The van der Waals surface area contributed by atoms with Gasteiger partial charge in [0.25, 0.3) is 0 Å². The van der Waals surface area contributed by atoms with E-state index >= 15 is 0 Å². The summed E-state index contributed by atoms with van der Waals surface area (Å²) in [5, 5.41) is 0.994. The van der Waals surface area contributed by atoms with E-state index in [4.69, 9.17) is 23.9 Å². The van der Waals surface area contributed by atoms with Crippen molar-refractivity contribution in [2.24, 2.45) is 0 Å². The molecule has 0 radical (unpaired) electrons. The number of aryl methyl sites for hydroxylation is 1. The molecule has 5 rings (SSSR count). The Labute approximate surface area is 218 Å². The summed E-state index contributed by atoms with van der Waals surface area (Å²) in [7, 11) is 4.98. The van der Waals surface area contributed by atoms with E-state index < -0.39 is 0 Å². The fourth-order valence-electron chi connectivity index (χ4n) is 5.52. The molecule has 3 aromatic rings. The normalized spacial score (nSPS) is 16.6. The fourth-order valence-corrected chi connectivity index (χ4v) is 5.52. The quantitative estimate of drug-likeness (QED) is 0.508. The van der Waals surface area contributed by atoms with Crippen LogP contribution in [0.2, 0.25) is 0 Å². The van der Waals surface area contributed by atoms with Gasteiger partial charge in [0.15, 0.2) is 11.5 Å². The molecule has 8 heteroatoms. The number of likely N-dealkylation sites (tertiary alicyclic amines) is 1. The molecule has 196 valence electrons. The lowest BCUT2D eigenvalue weighted by Gasteiger charge is -2.37. The first-order valence-electron chi connectivity index (χ1n) is 12.8. The van der Waals surface area contributed by atoms with E-state index in [1.54, 1.807) is 28.3 Å². The molecule has 0 atom stereocenters. The largest absolute Gasteiger partial charge is 0.497 e. The summed E-state index contributed by atoms with van der Waals surface area (Å²) in [6, 6.07) is 10.5. The topological polar surface area (TPSA) is 73.4 Å². The van der Waals surface area contributed by atoms with Crippen molar-refractivity contribution < 1.29 is 23.7 Å². The van der Waals surface area contributed by atoms with Crippen LogP contribution >= 0.6 is 0 Å². The van der Waals surface area contributed by atoms with Crippen molar-refractivity contribution in [3.05, 3.63) is 41.5 Å². The number of amides is 1. The lowest BCUT2D eigenvalue weighted by Crippen LogP contribution is -2.46. The molecule has 2 aliphatic heterocycles. The lowest BCUT2D eigenvalue weighted by molar-refractivity contribution is -0.130. The summed E-state index contributed by atoms with van der Waals surface area (Å²) < 4.78 is 23.1. The van der Waals surface area contributed by atoms with Gasteiger partial charge in [-0.3, -0.25) is 9.69 Å². The summed E-state index contributed by atoms with van der Waals surface area (Å²) in [6.07, 6.45) is 1.95. The van der Waals surface area contributed by atoms with Gasteiger partial charge in [0.05, 0.1) is 27.0 Å². The van der Waals surface area contributed by atoms with Crippen LogP contribution in [0, 0.1) is 6.92 Å². The van der Waals surface area contributed by atoms with E-state index in [9.17, 15) is 4.79 Å². The SMILES string of the molecule is COc1cc(OC)c2nc(-c3cc4c(c(OC)c3)OCCN(C3CCN(C(C)=O)CC3)C4)cc(C)c2c1. The van der Waals surface area contributed by atoms with Gasteiger partial charge < -0.3 is 23.8 Å². The van der Waals surface area contributed by atoms with Crippen molar-refractivity contribution in [3.63, 3.8) is 0 Å². The van der Waals surface area contributed by atoms with Crippen molar-refractivity contribution in [2.45, 2.75) is 39.3 Å². The number of pyridine rings is 1. The minimum Gasteiger partial charge on any atom is -0.497 e. The minimum atomic E-state index is 0.158. The van der Waals surface area contributed by atoms with E-state index in [1.807, 2.05) is 23.1 Å². The lowest BCUT2D eigenvalue weighted by atomic mass is 9.99. The third-order valence-electron chi connectivity index (χ3n) is 7.59. The minimum absolute atomic E-state index is 0.158. The molecule has 0 saturated carbocycles. The van der Waals surface area contributed by atoms with Crippen molar-refractivity contribution in [1.82, 2.24) is 14.8 Å². The van der Waals surface area contributed by atoms with Gasteiger partial charge in [-0.25, -0.2) is 4.98 Å². The van der Waals surface area contributed by atoms with E-state index in [1.165, 1.54) is 0 Å². The molecular formula is C29H35N3O5. The second-order valence-corrected chi connectivity index (χ2v) is 9.77. The monoisotopic (exact) mass is 505 g/mol. The van der Waals surface area contributed by atoms with Crippen LogP contribution in [-0.4, -0.2) is 74.3 Å². The molecule has 0 N–H and O–H groups in total. The van der Waals surface area contributed by atoms with Gasteiger partial charge >= 0.3 is 0 Å². The first kappa shape index (κ1) is 25.1. The molecule has 1 saturated heterocycles. The maximum Gasteiger partial charge on any atom is 0.219 e. The fraction of sp³-hybridized carbons (Fsp3) is 0.448. The number of hydrogen-bond acceptors (Lipinski definition) is 7.